The van der Waals surface area contributed by atoms with E-state index in [1.807, 2.05) is 30.3 Å². The molecule has 6 heteroatoms. The molecule has 4 rings (SSSR count). The molecule has 2 aromatic carbocycles. The van der Waals surface area contributed by atoms with Crippen molar-refractivity contribution in [2.24, 2.45) is 0 Å². The average Bonchev–Trinajstić information content (AvgIpc) is 3.12. The molecular formula is C22H18N4OS. The topological polar surface area (TPSA) is 91.9 Å². The first-order chi connectivity index (χ1) is 13.6. The number of carbonyl (C=O) groups is 1. The number of amides is 1. The molecule has 5 nitrogen and oxygen atoms in total. The van der Waals surface area contributed by atoms with Gasteiger partial charge in [0.25, 0.3) is 0 Å². The maximum Gasteiger partial charge on any atom is 0.221 e. The van der Waals surface area contributed by atoms with Gasteiger partial charge in [-0.15, -0.1) is 11.3 Å². The predicted molar refractivity (Wildman–Crippen MR) is 117 cm³/mol. The van der Waals surface area contributed by atoms with E-state index >= 15 is 0 Å². The van der Waals surface area contributed by atoms with Crippen molar-refractivity contribution in [3.63, 3.8) is 0 Å². The molecule has 28 heavy (non-hydrogen) atoms. The molecule has 0 aliphatic heterocycles. The summed E-state index contributed by atoms with van der Waals surface area (Å²) >= 11 is 1.66. The predicted octanol–water partition coefficient (Wildman–Crippen LogP) is 5.17. The number of nitrogens with zero attached hydrogens (tertiary/aromatic N) is 1. The van der Waals surface area contributed by atoms with Crippen molar-refractivity contribution in [2.45, 2.75) is 6.92 Å². The highest BCUT2D eigenvalue weighted by molar-refractivity contribution is 7.22. The van der Waals surface area contributed by atoms with E-state index in [1.54, 1.807) is 23.6 Å². The molecule has 0 aliphatic rings. The number of carbonyl (C=O) groups excluding carboxylic acids is 1. The Kier molecular flexibility index (Phi) is 4.63. The Morgan fingerprint density at radius 3 is 2.75 bits per heavy atom. The van der Waals surface area contributed by atoms with Gasteiger partial charge in [-0.05, 0) is 41.8 Å². The summed E-state index contributed by atoms with van der Waals surface area (Å²) in [6.45, 7) is 1.46. The second kappa shape index (κ2) is 7.25. The van der Waals surface area contributed by atoms with Gasteiger partial charge in [0.05, 0.1) is 11.4 Å². The van der Waals surface area contributed by atoms with Crippen molar-refractivity contribution >= 4 is 44.9 Å². The summed E-state index contributed by atoms with van der Waals surface area (Å²) in [5.74, 6) is -0.165. The number of nitrogens with two attached hydrogens (primary N) is 1. The Hall–Kier alpha value is -3.51. The Bertz CT molecular complexity index is 1180. The molecular weight excluding hydrogens is 368 g/mol. The van der Waals surface area contributed by atoms with E-state index in [0.29, 0.717) is 22.6 Å². The molecule has 0 bridgehead atoms. The summed E-state index contributed by atoms with van der Waals surface area (Å²) in [6, 6.07) is 17.7. The molecule has 0 aliphatic carbocycles. The molecule has 0 fully saturated rings. The molecule has 0 spiro atoms. The molecule has 138 valence electrons. The van der Waals surface area contributed by atoms with Gasteiger partial charge in [0.15, 0.2) is 0 Å². The van der Waals surface area contributed by atoms with Crippen LogP contribution in [0.1, 0.15) is 12.5 Å². The lowest BCUT2D eigenvalue weighted by molar-refractivity contribution is -0.114. The van der Waals surface area contributed by atoms with Gasteiger partial charge in [-0.25, -0.2) is 0 Å². The third-order valence-corrected chi connectivity index (χ3v) is 5.60. The van der Waals surface area contributed by atoms with E-state index in [4.69, 9.17) is 11.1 Å². The Labute approximate surface area is 166 Å². The number of hydrogen-bond acceptors (Lipinski definition) is 5. The van der Waals surface area contributed by atoms with E-state index in [0.717, 1.165) is 21.4 Å². The van der Waals surface area contributed by atoms with Gasteiger partial charge in [-0.2, -0.15) is 0 Å². The second-order valence-electron chi connectivity index (χ2n) is 6.40. The summed E-state index contributed by atoms with van der Waals surface area (Å²) < 4.78 is 1.18. The molecule has 2 heterocycles. The summed E-state index contributed by atoms with van der Waals surface area (Å²) in [5.41, 5.74) is 10.5. The first-order valence-electron chi connectivity index (χ1n) is 8.72. The average molecular weight is 386 g/mol. The molecule has 2 aromatic heterocycles. The van der Waals surface area contributed by atoms with Crippen molar-refractivity contribution in [2.75, 3.05) is 11.1 Å². The monoisotopic (exact) mass is 386 g/mol. The molecule has 0 saturated carbocycles. The quantitative estimate of drug-likeness (QED) is 0.334. The number of nitrogens with one attached hydrogen (secondary N) is 2. The van der Waals surface area contributed by atoms with Crippen LogP contribution < -0.4 is 11.1 Å². The van der Waals surface area contributed by atoms with Gasteiger partial charge in [-0.1, -0.05) is 18.2 Å². The highest BCUT2D eigenvalue weighted by Crippen LogP contribution is 2.40. The number of hydrogen-bond donors (Lipinski definition) is 3. The van der Waals surface area contributed by atoms with Gasteiger partial charge in [-0.3, -0.25) is 9.78 Å². The minimum Gasteiger partial charge on any atom is -0.398 e. The van der Waals surface area contributed by atoms with Crippen LogP contribution in [-0.2, 0) is 4.79 Å². The first-order valence-corrected chi connectivity index (χ1v) is 9.54. The summed E-state index contributed by atoms with van der Waals surface area (Å²) in [6.07, 6.45) is 2.93. The van der Waals surface area contributed by atoms with Gasteiger partial charge in [0.1, 0.15) is 0 Å². The number of thiophene rings is 1. The van der Waals surface area contributed by atoms with E-state index in [9.17, 15) is 4.79 Å². The number of nitrogen functional groups attached to an aromatic ring is 1. The van der Waals surface area contributed by atoms with Crippen LogP contribution in [-0.4, -0.2) is 17.1 Å². The smallest absolute Gasteiger partial charge is 0.221 e. The van der Waals surface area contributed by atoms with Crippen LogP contribution in [0, 0.1) is 5.41 Å². The van der Waals surface area contributed by atoms with Crippen LogP contribution in [0.3, 0.4) is 0 Å². The third-order valence-electron chi connectivity index (χ3n) is 4.45. The van der Waals surface area contributed by atoms with E-state index in [1.165, 1.54) is 17.8 Å². The van der Waals surface area contributed by atoms with E-state index < -0.39 is 0 Å². The lowest BCUT2D eigenvalue weighted by Crippen LogP contribution is -2.08. The number of rotatable bonds is 4. The molecule has 0 atom stereocenters. The van der Waals surface area contributed by atoms with Crippen LogP contribution in [0.5, 0.6) is 0 Å². The minimum absolute atomic E-state index is 0.165. The van der Waals surface area contributed by atoms with E-state index in [-0.39, 0.29) is 5.91 Å². The number of anilines is 2. The Morgan fingerprint density at radius 1 is 1.18 bits per heavy atom. The van der Waals surface area contributed by atoms with Crippen LogP contribution in [0.2, 0.25) is 0 Å². The zero-order chi connectivity index (χ0) is 19.7. The standard InChI is InChI=1S/C22H18N4OS/c1-13(27)26-18-6-4-8-25-22(18)15-9-16(12-23)21(24)17(10-15)20-11-14-5-2-3-7-19(14)28-20/h2-12,23H,24H2,1H3,(H,26,27). The fourth-order valence-corrected chi connectivity index (χ4v) is 4.27. The van der Waals surface area contributed by atoms with E-state index in [2.05, 4.69) is 28.5 Å². The number of benzene rings is 2. The zero-order valence-electron chi connectivity index (χ0n) is 15.2. The molecule has 4 aromatic rings. The highest BCUT2D eigenvalue weighted by atomic mass is 32.1. The van der Waals surface area contributed by atoms with Crippen molar-refractivity contribution in [3.8, 4) is 21.7 Å². The van der Waals surface area contributed by atoms with Crippen LogP contribution in [0.4, 0.5) is 11.4 Å². The number of aromatic nitrogens is 1. The third kappa shape index (κ3) is 3.25. The maximum absolute atomic E-state index is 11.6. The fraction of sp³-hybridized carbons (Fsp3) is 0.0455. The summed E-state index contributed by atoms with van der Waals surface area (Å²) in [5, 5.41) is 11.8. The normalized spacial score (nSPS) is 10.8. The van der Waals surface area contributed by atoms with Gasteiger partial charge in [0.2, 0.25) is 5.91 Å². The largest absolute Gasteiger partial charge is 0.398 e. The lowest BCUT2D eigenvalue weighted by atomic mass is 9.99. The van der Waals surface area contributed by atoms with Gasteiger partial charge >= 0.3 is 0 Å². The molecule has 1 amide bonds. The zero-order valence-corrected chi connectivity index (χ0v) is 16.0. The van der Waals surface area contributed by atoms with Crippen molar-refractivity contribution in [1.82, 2.24) is 4.98 Å². The Morgan fingerprint density at radius 2 is 2.00 bits per heavy atom. The molecule has 4 N–H and O–H groups in total. The Balaban J connectivity index is 1.93. The fourth-order valence-electron chi connectivity index (χ4n) is 3.18. The first kappa shape index (κ1) is 17.9. The lowest BCUT2D eigenvalue weighted by Gasteiger charge is -2.13. The van der Waals surface area contributed by atoms with Crippen LogP contribution in [0.25, 0.3) is 31.8 Å². The second-order valence-corrected chi connectivity index (χ2v) is 7.48. The molecule has 0 radical (unpaired) electrons. The highest BCUT2D eigenvalue weighted by Gasteiger charge is 2.15. The van der Waals surface area contributed by atoms with Crippen LogP contribution in [0.15, 0.2) is 60.8 Å². The van der Waals surface area contributed by atoms with Crippen LogP contribution >= 0.6 is 11.3 Å². The summed E-state index contributed by atoms with van der Waals surface area (Å²) in [7, 11) is 0. The van der Waals surface area contributed by atoms with Crippen molar-refractivity contribution < 1.29 is 4.79 Å². The van der Waals surface area contributed by atoms with Gasteiger partial charge in [0, 0.05) is 51.3 Å². The van der Waals surface area contributed by atoms with Crippen molar-refractivity contribution in [1.29, 1.82) is 5.41 Å². The summed E-state index contributed by atoms with van der Waals surface area (Å²) in [4.78, 5) is 17.1. The molecule has 0 unspecified atom stereocenters. The minimum atomic E-state index is -0.165. The van der Waals surface area contributed by atoms with Crippen molar-refractivity contribution in [3.05, 3.63) is 66.4 Å². The maximum atomic E-state index is 11.6. The molecule has 0 saturated heterocycles. The number of fused-ring (bicyclic) bond motifs is 1. The number of pyridine rings is 1. The van der Waals surface area contributed by atoms with Gasteiger partial charge < -0.3 is 16.5 Å². The SMILES string of the molecule is CC(=O)Nc1cccnc1-c1cc(C=N)c(N)c(-c2cc3ccccc3s2)c1.